The van der Waals surface area contributed by atoms with Crippen LogP contribution in [0.2, 0.25) is 0 Å². The summed E-state index contributed by atoms with van der Waals surface area (Å²) in [6.45, 7) is 0. The van der Waals surface area contributed by atoms with Crippen molar-refractivity contribution >= 4 is 0 Å². The molecule has 2 unspecified atom stereocenters. The maximum Gasteiger partial charge on any atom is -0.0383 e. The Kier molecular flexibility index (Phi) is 0.408. The van der Waals surface area contributed by atoms with E-state index in [4.69, 9.17) is 0 Å². The van der Waals surface area contributed by atoms with Gasteiger partial charge in [0, 0.05) is 0 Å². The van der Waals surface area contributed by atoms with Gasteiger partial charge in [0.1, 0.15) is 0 Å². The summed E-state index contributed by atoms with van der Waals surface area (Å²) >= 11 is 0. The summed E-state index contributed by atoms with van der Waals surface area (Å²) in [5.74, 6) is 2.43. The van der Waals surface area contributed by atoms with Gasteiger partial charge in [0.2, 0.25) is 0 Å². The minimum atomic E-state index is 1.21. The molecule has 34 valence electrons. The fraction of sp³-hybridized carbons (Fsp3) is 1.00. The largest absolute Gasteiger partial charge is 0.0528 e. The van der Waals surface area contributed by atoms with Crippen LogP contribution in [0.15, 0.2) is 0 Å². The Morgan fingerprint density at radius 2 is 1.67 bits per heavy atom. The van der Waals surface area contributed by atoms with Crippen molar-refractivity contribution in [2.24, 2.45) is 11.8 Å². The number of rotatable bonds is 0. The molecule has 0 bridgehead atoms. The minimum absolute atomic E-state index is 1.21. The number of fused-ring (bicyclic) bond motifs is 1. The number of hydrogen-bond acceptors (Lipinski definition) is 0. The average Bonchev–Trinajstić information content (AvgIpc) is 2.17. The van der Waals surface area contributed by atoms with Gasteiger partial charge in [0.25, 0.3) is 0 Å². The summed E-state index contributed by atoms with van der Waals surface area (Å²) in [6, 6.07) is 0. The molecule has 2 aliphatic carbocycles. The highest BCUT2D eigenvalue weighted by Crippen LogP contribution is 2.51. The highest BCUT2D eigenvalue weighted by Gasteiger charge is 2.40. The van der Waals surface area contributed by atoms with E-state index in [1.54, 1.807) is 19.3 Å². The van der Waals surface area contributed by atoms with E-state index in [1.165, 1.54) is 18.3 Å². The Balaban J connectivity index is 2.09. The first-order valence-corrected chi connectivity index (χ1v) is 2.97. The van der Waals surface area contributed by atoms with E-state index in [1.807, 2.05) is 0 Å². The molecule has 0 amide bonds. The molecule has 2 fully saturated rings. The molecule has 2 rings (SSSR count). The molecular weight excluding hydrogens is 72.1 g/mol. The van der Waals surface area contributed by atoms with E-state index in [0.717, 1.165) is 0 Å². The lowest BCUT2D eigenvalue weighted by atomic mass is 10.3. The lowest BCUT2D eigenvalue weighted by Gasteiger charge is -1.80. The zero-order valence-corrected chi connectivity index (χ0v) is 3.98. The molecule has 0 saturated heterocycles. The van der Waals surface area contributed by atoms with Crippen LogP contribution in [-0.4, -0.2) is 0 Å². The summed E-state index contributed by atoms with van der Waals surface area (Å²) < 4.78 is 0. The molecule has 2 atom stereocenters. The topological polar surface area (TPSA) is 0 Å². The fourth-order valence-corrected chi connectivity index (χ4v) is 1.66. The van der Waals surface area contributed by atoms with Crippen LogP contribution in [0.25, 0.3) is 0 Å². The predicted molar refractivity (Wildman–Crippen MR) is 25.4 cm³/mol. The third-order valence-electron chi connectivity index (χ3n) is 2.22. The first kappa shape index (κ1) is 3.06. The first-order valence-electron chi connectivity index (χ1n) is 2.97. The van der Waals surface area contributed by atoms with Crippen LogP contribution in [0.1, 0.15) is 25.7 Å². The van der Waals surface area contributed by atoms with Crippen molar-refractivity contribution < 1.29 is 0 Å². The van der Waals surface area contributed by atoms with Gasteiger partial charge in [-0.3, -0.25) is 0 Å². The fourth-order valence-electron chi connectivity index (χ4n) is 1.66. The van der Waals surface area contributed by atoms with Crippen molar-refractivity contribution in [3.05, 3.63) is 0 Å². The molecule has 0 aromatic carbocycles. The van der Waals surface area contributed by atoms with Crippen LogP contribution < -0.4 is 0 Å². The van der Waals surface area contributed by atoms with Crippen LogP contribution in [0.3, 0.4) is 0 Å². The Hall–Kier alpha value is 0. The lowest BCUT2D eigenvalue weighted by Crippen LogP contribution is -1.64. The van der Waals surface area contributed by atoms with E-state index >= 15 is 0 Å². The standard InChI is InChI=1S/C6H10/c1-2-5-4-6(5)3-1/h5-6H,1-4H2. The van der Waals surface area contributed by atoms with Crippen LogP contribution in [0.4, 0.5) is 0 Å². The summed E-state index contributed by atoms with van der Waals surface area (Å²) in [5, 5.41) is 0. The molecule has 0 nitrogen and oxygen atoms in total. The van der Waals surface area contributed by atoms with Crippen LogP contribution >= 0.6 is 0 Å². The summed E-state index contributed by atoms with van der Waals surface area (Å²) in [6.07, 6.45) is 6.24. The molecule has 0 radical (unpaired) electrons. The highest BCUT2D eigenvalue weighted by atomic mass is 14.5. The zero-order valence-electron chi connectivity index (χ0n) is 3.98. The number of hydrogen-bond donors (Lipinski definition) is 0. The van der Waals surface area contributed by atoms with Crippen molar-refractivity contribution in [2.75, 3.05) is 0 Å². The molecule has 0 aromatic heterocycles. The second kappa shape index (κ2) is 0.800. The van der Waals surface area contributed by atoms with Gasteiger partial charge in [-0.05, 0) is 18.3 Å². The van der Waals surface area contributed by atoms with Gasteiger partial charge in [-0.15, -0.1) is 0 Å². The first-order chi connectivity index (χ1) is 2.97. The summed E-state index contributed by atoms with van der Waals surface area (Å²) in [5.41, 5.74) is 0. The Bertz CT molecular complexity index is 58.4. The van der Waals surface area contributed by atoms with Crippen LogP contribution in [0, 0.1) is 11.8 Å². The maximum atomic E-state index is 1.58. The van der Waals surface area contributed by atoms with Crippen molar-refractivity contribution in [2.45, 2.75) is 25.7 Å². The maximum absolute atomic E-state index is 1.58. The summed E-state index contributed by atoms with van der Waals surface area (Å²) in [4.78, 5) is 0. The molecule has 2 aliphatic rings. The van der Waals surface area contributed by atoms with Gasteiger partial charge in [0.15, 0.2) is 0 Å². The van der Waals surface area contributed by atoms with Crippen LogP contribution in [0.5, 0.6) is 0 Å². The zero-order chi connectivity index (χ0) is 3.98. The van der Waals surface area contributed by atoms with Gasteiger partial charge in [-0.2, -0.15) is 0 Å². The van der Waals surface area contributed by atoms with E-state index in [9.17, 15) is 0 Å². The molecule has 6 heavy (non-hydrogen) atoms. The molecule has 0 aliphatic heterocycles. The second-order valence-corrected chi connectivity index (χ2v) is 2.69. The van der Waals surface area contributed by atoms with Crippen molar-refractivity contribution in [1.82, 2.24) is 0 Å². The van der Waals surface area contributed by atoms with Crippen LogP contribution in [-0.2, 0) is 0 Å². The van der Waals surface area contributed by atoms with Gasteiger partial charge in [-0.25, -0.2) is 0 Å². The molecule has 0 heterocycles. The monoisotopic (exact) mass is 82.1 g/mol. The highest BCUT2D eigenvalue weighted by molar-refractivity contribution is 4.91. The van der Waals surface area contributed by atoms with E-state index < -0.39 is 0 Å². The second-order valence-electron chi connectivity index (χ2n) is 2.69. The van der Waals surface area contributed by atoms with Gasteiger partial charge in [0.05, 0.1) is 0 Å². The van der Waals surface area contributed by atoms with E-state index in [0.29, 0.717) is 0 Å². The van der Waals surface area contributed by atoms with Crippen molar-refractivity contribution in [3.63, 3.8) is 0 Å². The normalized spacial score (nSPS) is 52.0. The molecule has 0 heteroatoms. The van der Waals surface area contributed by atoms with Crippen molar-refractivity contribution in [3.8, 4) is 0 Å². The van der Waals surface area contributed by atoms with Gasteiger partial charge in [-0.1, -0.05) is 19.3 Å². The Morgan fingerprint density at radius 3 is 1.83 bits per heavy atom. The predicted octanol–water partition coefficient (Wildman–Crippen LogP) is 1.81. The molecule has 0 aromatic rings. The average molecular weight is 82.1 g/mol. The Morgan fingerprint density at radius 1 is 1.00 bits per heavy atom. The smallest absolute Gasteiger partial charge is 0.0383 e. The SMILES string of the molecule is C1CC2CC2C1. The van der Waals surface area contributed by atoms with Gasteiger partial charge < -0.3 is 0 Å². The third-order valence-corrected chi connectivity index (χ3v) is 2.22. The van der Waals surface area contributed by atoms with E-state index in [-0.39, 0.29) is 0 Å². The van der Waals surface area contributed by atoms with E-state index in [2.05, 4.69) is 0 Å². The molecule has 0 spiro atoms. The Labute approximate surface area is 38.6 Å². The van der Waals surface area contributed by atoms with Crippen molar-refractivity contribution in [1.29, 1.82) is 0 Å². The quantitative estimate of drug-likeness (QED) is 0.418. The lowest BCUT2D eigenvalue weighted by molar-refractivity contribution is 0.735. The third kappa shape index (κ3) is 0.250. The molecule has 0 N–H and O–H groups in total. The summed E-state index contributed by atoms with van der Waals surface area (Å²) in [7, 11) is 0. The van der Waals surface area contributed by atoms with Gasteiger partial charge >= 0.3 is 0 Å². The molecular formula is C6H10. The minimum Gasteiger partial charge on any atom is -0.0528 e. The molecule has 2 saturated carbocycles.